The molecule has 1 N–H and O–H groups in total. The van der Waals surface area contributed by atoms with Crippen LogP contribution in [0, 0.1) is 5.41 Å². The molecule has 1 spiro atoms. The molecule has 0 bridgehead atoms. The summed E-state index contributed by atoms with van der Waals surface area (Å²) in [5, 5.41) is 2.96. The first-order valence-corrected chi connectivity index (χ1v) is 11.0. The average molecular weight is 363 g/mol. The third-order valence-corrected chi connectivity index (χ3v) is 7.72. The maximum Gasteiger partial charge on any atom is 0.321 e. The molecule has 2 saturated heterocycles. The number of hydrogen-bond donors (Lipinski definition) is 1. The monoisotopic (exact) mass is 363 g/mol. The lowest BCUT2D eigenvalue weighted by Crippen LogP contribution is -2.48. The maximum absolute atomic E-state index is 12.7. The van der Waals surface area contributed by atoms with Crippen molar-refractivity contribution in [2.75, 3.05) is 29.9 Å². The molecule has 0 aromatic carbocycles. The molecule has 2 aliphatic heterocycles. The number of likely N-dealkylation sites (tertiary alicyclic amines) is 1. The topological polar surface area (TPSA) is 79.4 Å². The zero-order valence-electron chi connectivity index (χ0n) is 14.5. The second-order valence-corrected chi connectivity index (χ2v) is 10.0. The molecule has 4 rings (SSSR count). The number of nitrogens with one attached hydrogen (secondary N) is 1. The zero-order valence-corrected chi connectivity index (χ0v) is 15.3. The highest BCUT2D eigenvalue weighted by Crippen LogP contribution is 2.40. The van der Waals surface area contributed by atoms with Crippen LogP contribution in [0.3, 0.4) is 0 Å². The number of sulfone groups is 1. The number of carbonyl (C=O) groups excluding carboxylic acids is 1. The molecule has 6 nitrogen and oxygen atoms in total. The molecule has 3 heterocycles. The van der Waals surface area contributed by atoms with Gasteiger partial charge in [-0.15, -0.1) is 0 Å². The van der Waals surface area contributed by atoms with Gasteiger partial charge in [0.2, 0.25) is 0 Å². The van der Waals surface area contributed by atoms with Gasteiger partial charge in [-0.05, 0) is 56.6 Å². The number of anilines is 1. The third-order valence-electron chi connectivity index (χ3n) is 5.84. The summed E-state index contributed by atoms with van der Waals surface area (Å²) >= 11 is 0. The summed E-state index contributed by atoms with van der Waals surface area (Å²) < 4.78 is 23.8. The predicted octanol–water partition coefficient (Wildman–Crippen LogP) is 2.39. The number of nitrogens with zero attached hydrogens (tertiary/aromatic N) is 2. The molecule has 0 radical (unpaired) electrons. The van der Waals surface area contributed by atoms with E-state index in [1.807, 2.05) is 6.07 Å². The van der Waals surface area contributed by atoms with Crippen LogP contribution >= 0.6 is 0 Å². The van der Waals surface area contributed by atoms with Gasteiger partial charge in [0.25, 0.3) is 0 Å². The molecule has 25 heavy (non-hydrogen) atoms. The summed E-state index contributed by atoms with van der Waals surface area (Å²) in [4.78, 5) is 19.0. The molecule has 1 aromatic heterocycles. The van der Waals surface area contributed by atoms with Crippen molar-refractivity contribution in [3.05, 3.63) is 23.5 Å². The smallest absolute Gasteiger partial charge is 0.321 e. The largest absolute Gasteiger partial charge is 0.324 e. The summed E-state index contributed by atoms with van der Waals surface area (Å²) in [6.07, 6.45) is 8.59. The Hall–Kier alpha value is -1.63. The van der Waals surface area contributed by atoms with Crippen LogP contribution in [0.25, 0.3) is 0 Å². The van der Waals surface area contributed by atoms with Crippen LogP contribution in [0.2, 0.25) is 0 Å². The lowest BCUT2D eigenvalue weighted by Gasteiger charge is -2.39. The van der Waals surface area contributed by atoms with E-state index < -0.39 is 9.84 Å². The van der Waals surface area contributed by atoms with Crippen molar-refractivity contribution >= 4 is 21.6 Å². The van der Waals surface area contributed by atoms with Crippen LogP contribution in [-0.2, 0) is 22.7 Å². The van der Waals surface area contributed by atoms with Crippen LogP contribution in [0.4, 0.5) is 10.5 Å². The Kier molecular flexibility index (Phi) is 4.22. The Labute approximate surface area is 148 Å². The van der Waals surface area contributed by atoms with Crippen LogP contribution in [-0.4, -0.2) is 48.9 Å². The second kappa shape index (κ2) is 6.27. The zero-order chi connectivity index (χ0) is 17.5. The van der Waals surface area contributed by atoms with Gasteiger partial charge in [-0.2, -0.15) is 0 Å². The van der Waals surface area contributed by atoms with E-state index in [1.54, 1.807) is 11.1 Å². The van der Waals surface area contributed by atoms with Crippen molar-refractivity contribution in [2.24, 2.45) is 5.41 Å². The van der Waals surface area contributed by atoms with Crippen molar-refractivity contribution in [2.45, 2.75) is 44.9 Å². The van der Waals surface area contributed by atoms with Crippen molar-refractivity contribution in [1.29, 1.82) is 0 Å². The number of aryl methyl sites for hydroxylation is 2. The van der Waals surface area contributed by atoms with Gasteiger partial charge < -0.3 is 10.2 Å². The van der Waals surface area contributed by atoms with Gasteiger partial charge >= 0.3 is 6.03 Å². The summed E-state index contributed by atoms with van der Waals surface area (Å²) in [6.45, 7) is 1.22. The highest BCUT2D eigenvalue weighted by molar-refractivity contribution is 7.91. The Balaban J connectivity index is 1.44. The number of urea groups is 1. The van der Waals surface area contributed by atoms with Gasteiger partial charge in [0, 0.05) is 24.2 Å². The SMILES string of the molecule is O=C(Nc1cnc2c(c1)CCCC2)N1CCC[C@@]2(CCS(=O)(=O)C2)C1. The Bertz CT molecular complexity index is 793. The minimum atomic E-state index is -2.94. The summed E-state index contributed by atoms with van der Waals surface area (Å²) in [5.41, 5.74) is 2.89. The van der Waals surface area contributed by atoms with E-state index in [2.05, 4.69) is 10.3 Å². The van der Waals surface area contributed by atoms with E-state index in [-0.39, 0.29) is 23.0 Å². The van der Waals surface area contributed by atoms with Gasteiger partial charge in [-0.1, -0.05) is 0 Å². The average Bonchev–Trinajstić information content (AvgIpc) is 2.89. The predicted molar refractivity (Wildman–Crippen MR) is 96.4 cm³/mol. The molecule has 1 aliphatic carbocycles. The van der Waals surface area contributed by atoms with Gasteiger partial charge in [0.05, 0.1) is 23.4 Å². The highest BCUT2D eigenvalue weighted by atomic mass is 32.2. The van der Waals surface area contributed by atoms with Crippen molar-refractivity contribution in [3.8, 4) is 0 Å². The van der Waals surface area contributed by atoms with Gasteiger partial charge in [-0.25, -0.2) is 13.2 Å². The fraction of sp³-hybridized carbons (Fsp3) is 0.667. The van der Waals surface area contributed by atoms with Gasteiger partial charge in [-0.3, -0.25) is 4.98 Å². The van der Waals surface area contributed by atoms with E-state index in [0.29, 0.717) is 19.5 Å². The van der Waals surface area contributed by atoms with E-state index >= 15 is 0 Å². The number of fused-ring (bicyclic) bond motifs is 1. The maximum atomic E-state index is 12.7. The van der Waals surface area contributed by atoms with Crippen molar-refractivity contribution in [1.82, 2.24) is 9.88 Å². The molecule has 0 saturated carbocycles. The lowest BCUT2D eigenvalue weighted by molar-refractivity contribution is 0.130. The standard InChI is InChI=1S/C18H25N3O3S/c22-17(20-15-10-14-4-1-2-5-16(14)19-11-15)21-8-3-6-18(12-21)7-9-25(23,24)13-18/h10-11H,1-9,12-13H2,(H,20,22)/t18-/m1/s1. The molecule has 2 amide bonds. The molecular weight excluding hydrogens is 338 g/mol. The van der Waals surface area contributed by atoms with E-state index in [4.69, 9.17) is 0 Å². The van der Waals surface area contributed by atoms with Crippen LogP contribution in [0.1, 0.15) is 43.4 Å². The van der Waals surface area contributed by atoms with E-state index in [9.17, 15) is 13.2 Å². The molecule has 0 unspecified atom stereocenters. The fourth-order valence-electron chi connectivity index (χ4n) is 4.54. The summed E-state index contributed by atoms with van der Waals surface area (Å²) in [5.74, 6) is 0.487. The summed E-state index contributed by atoms with van der Waals surface area (Å²) in [7, 11) is -2.94. The summed E-state index contributed by atoms with van der Waals surface area (Å²) in [6, 6.07) is 1.90. The second-order valence-electron chi connectivity index (χ2n) is 7.83. The van der Waals surface area contributed by atoms with Gasteiger partial charge in [0.1, 0.15) is 0 Å². The quantitative estimate of drug-likeness (QED) is 0.831. The normalized spacial score (nSPS) is 27.9. The first-order chi connectivity index (χ1) is 11.9. The molecule has 2 fully saturated rings. The van der Waals surface area contributed by atoms with Crippen molar-refractivity contribution in [3.63, 3.8) is 0 Å². The molecule has 1 atom stereocenters. The third kappa shape index (κ3) is 3.52. The van der Waals surface area contributed by atoms with Gasteiger partial charge in [0.15, 0.2) is 9.84 Å². The first-order valence-electron chi connectivity index (χ1n) is 9.19. The number of hydrogen-bond acceptors (Lipinski definition) is 4. The molecule has 7 heteroatoms. The number of pyridine rings is 1. The van der Waals surface area contributed by atoms with E-state index in [0.717, 1.165) is 37.1 Å². The Morgan fingerprint density at radius 3 is 2.84 bits per heavy atom. The minimum absolute atomic E-state index is 0.138. The number of rotatable bonds is 1. The molecular formula is C18H25N3O3S. The Morgan fingerprint density at radius 1 is 1.20 bits per heavy atom. The number of carbonyl (C=O) groups is 1. The lowest BCUT2D eigenvalue weighted by atomic mass is 9.80. The van der Waals surface area contributed by atoms with Crippen LogP contribution in [0.15, 0.2) is 12.3 Å². The minimum Gasteiger partial charge on any atom is -0.324 e. The number of amides is 2. The number of aromatic nitrogens is 1. The Morgan fingerprint density at radius 2 is 2.04 bits per heavy atom. The number of piperidine rings is 1. The molecule has 3 aliphatic rings. The first kappa shape index (κ1) is 16.8. The highest BCUT2D eigenvalue weighted by Gasteiger charge is 2.45. The molecule has 136 valence electrons. The van der Waals surface area contributed by atoms with Crippen LogP contribution < -0.4 is 5.32 Å². The van der Waals surface area contributed by atoms with Crippen LogP contribution in [0.5, 0.6) is 0 Å². The fourth-order valence-corrected chi connectivity index (χ4v) is 6.75. The van der Waals surface area contributed by atoms with E-state index in [1.165, 1.54) is 18.4 Å². The molecule has 1 aromatic rings. The van der Waals surface area contributed by atoms with Crippen molar-refractivity contribution < 1.29 is 13.2 Å².